The SMILES string of the molecule is CC[C@@H]1C2C[C@H](O)CC[C@@]2(C)[C@H]2CC[C@]3(C)[C@@H]([C@H](C)CCOC(=O)NCCCN4CCOCC4)CC[C@H]3C2[C@@H]1O. The topological polar surface area (TPSA) is 91.3 Å². The van der Waals surface area contributed by atoms with Gasteiger partial charge in [-0.05, 0) is 117 Å². The standard InChI is InChI=1S/C33H58N2O5/c1-5-24-28-21-23(36)9-12-33(28,4)27-10-13-32(3)25(7-8-26(32)29(27)30(24)37)22(2)11-18-40-31(38)34-14-6-15-35-16-19-39-20-17-35/h22-30,36-37H,5-21H2,1-4H3,(H,34,38)/t22-,23-,24-,25-,26+,27+,28?,29?,30-,32-,33+/m1/s1. The van der Waals surface area contributed by atoms with Crippen LogP contribution in [0.3, 0.4) is 0 Å². The Morgan fingerprint density at radius 2 is 1.77 bits per heavy atom. The van der Waals surface area contributed by atoms with Crippen LogP contribution in [0, 0.1) is 52.3 Å². The van der Waals surface area contributed by atoms with Crippen LogP contribution in [0.15, 0.2) is 0 Å². The average Bonchev–Trinajstić information content (AvgIpc) is 3.30. The number of hydrogen-bond donors (Lipinski definition) is 3. The molecule has 230 valence electrons. The number of amides is 1. The van der Waals surface area contributed by atoms with Crippen molar-refractivity contribution in [1.29, 1.82) is 0 Å². The summed E-state index contributed by atoms with van der Waals surface area (Å²) in [6.07, 6.45) is 9.91. The van der Waals surface area contributed by atoms with Crippen LogP contribution < -0.4 is 5.32 Å². The summed E-state index contributed by atoms with van der Waals surface area (Å²) < 4.78 is 11.0. The van der Waals surface area contributed by atoms with E-state index in [2.05, 4.69) is 37.9 Å². The second-order valence-electron chi connectivity index (χ2n) is 14.8. The van der Waals surface area contributed by atoms with Gasteiger partial charge < -0.3 is 25.0 Å². The maximum Gasteiger partial charge on any atom is 0.407 e. The molecule has 0 aromatic carbocycles. The number of morpholine rings is 1. The molecule has 1 saturated heterocycles. The van der Waals surface area contributed by atoms with Gasteiger partial charge in [0.05, 0.1) is 32.0 Å². The average molecular weight is 563 g/mol. The predicted molar refractivity (Wildman–Crippen MR) is 157 cm³/mol. The zero-order chi connectivity index (χ0) is 28.5. The van der Waals surface area contributed by atoms with Gasteiger partial charge in [-0.25, -0.2) is 4.79 Å². The lowest BCUT2D eigenvalue weighted by molar-refractivity contribution is -0.203. The van der Waals surface area contributed by atoms with E-state index in [9.17, 15) is 15.0 Å². The number of rotatable bonds is 9. The van der Waals surface area contributed by atoms with Crippen molar-refractivity contribution in [2.75, 3.05) is 46.0 Å². The van der Waals surface area contributed by atoms with Gasteiger partial charge in [-0.1, -0.05) is 34.1 Å². The number of nitrogens with one attached hydrogen (secondary N) is 1. The van der Waals surface area contributed by atoms with Gasteiger partial charge in [0.2, 0.25) is 0 Å². The van der Waals surface area contributed by atoms with Gasteiger partial charge in [-0.3, -0.25) is 4.90 Å². The zero-order valence-corrected chi connectivity index (χ0v) is 25.8. The molecule has 4 saturated carbocycles. The van der Waals surface area contributed by atoms with Crippen molar-refractivity contribution in [3.8, 4) is 0 Å². The van der Waals surface area contributed by atoms with Gasteiger partial charge in [0, 0.05) is 19.6 Å². The molecule has 0 spiro atoms. The first-order valence-corrected chi connectivity index (χ1v) is 16.8. The van der Waals surface area contributed by atoms with Crippen LogP contribution in [0.25, 0.3) is 0 Å². The molecular weight excluding hydrogens is 504 g/mol. The lowest BCUT2D eigenvalue weighted by Gasteiger charge is -2.64. The second kappa shape index (κ2) is 12.8. The monoisotopic (exact) mass is 562 g/mol. The van der Waals surface area contributed by atoms with Gasteiger partial charge in [-0.2, -0.15) is 0 Å². The molecular formula is C33H58N2O5. The molecule has 5 fully saturated rings. The van der Waals surface area contributed by atoms with E-state index in [1.165, 1.54) is 25.7 Å². The van der Waals surface area contributed by atoms with Gasteiger partial charge in [0.1, 0.15) is 0 Å². The molecule has 5 aliphatic rings. The number of hydrogen-bond acceptors (Lipinski definition) is 6. The number of fused-ring (bicyclic) bond motifs is 5. The van der Waals surface area contributed by atoms with Crippen molar-refractivity contribution < 1.29 is 24.5 Å². The lowest BCUT2D eigenvalue weighted by atomic mass is 9.41. The molecule has 4 aliphatic carbocycles. The Kier molecular flexibility index (Phi) is 9.76. The first-order chi connectivity index (χ1) is 19.2. The van der Waals surface area contributed by atoms with E-state index in [0.717, 1.165) is 71.4 Å². The van der Waals surface area contributed by atoms with Crippen molar-refractivity contribution in [2.45, 2.75) is 104 Å². The molecule has 5 rings (SSSR count). The number of aliphatic hydroxyl groups is 2. The van der Waals surface area contributed by atoms with Gasteiger partial charge in [0.15, 0.2) is 0 Å². The molecule has 7 nitrogen and oxygen atoms in total. The van der Waals surface area contributed by atoms with Crippen LogP contribution in [-0.2, 0) is 9.47 Å². The molecule has 0 aromatic heterocycles. The van der Waals surface area contributed by atoms with Crippen molar-refractivity contribution in [1.82, 2.24) is 10.2 Å². The Hall–Kier alpha value is -0.890. The van der Waals surface area contributed by atoms with Crippen LogP contribution in [0.2, 0.25) is 0 Å². The van der Waals surface area contributed by atoms with Gasteiger partial charge in [0.25, 0.3) is 0 Å². The van der Waals surface area contributed by atoms with Crippen LogP contribution in [0.4, 0.5) is 4.79 Å². The summed E-state index contributed by atoms with van der Waals surface area (Å²) in [6.45, 7) is 15.3. The summed E-state index contributed by atoms with van der Waals surface area (Å²) in [5.74, 6) is 3.40. The predicted octanol–water partition coefficient (Wildman–Crippen LogP) is 5.09. The van der Waals surface area contributed by atoms with Crippen molar-refractivity contribution in [3.63, 3.8) is 0 Å². The Morgan fingerprint density at radius 3 is 2.52 bits per heavy atom. The van der Waals surface area contributed by atoms with Crippen molar-refractivity contribution >= 4 is 6.09 Å². The van der Waals surface area contributed by atoms with E-state index in [1.54, 1.807) is 0 Å². The highest BCUT2D eigenvalue weighted by atomic mass is 16.5. The summed E-state index contributed by atoms with van der Waals surface area (Å²) in [4.78, 5) is 14.7. The molecule has 7 heteroatoms. The fraction of sp³-hybridized carbons (Fsp3) is 0.970. The largest absolute Gasteiger partial charge is 0.450 e. The molecule has 40 heavy (non-hydrogen) atoms. The molecule has 2 unspecified atom stereocenters. The van der Waals surface area contributed by atoms with Crippen molar-refractivity contribution in [3.05, 3.63) is 0 Å². The van der Waals surface area contributed by atoms with Crippen molar-refractivity contribution in [2.24, 2.45) is 52.3 Å². The summed E-state index contributed by atoms with van der Waals surface area (Å²) in [5.41, 5.74) is 0.497. The Bertz CT molecular complexity index is 851. The maximum atomic E-state index is 12.3. The van der Waals surface area contributed by atoms with Crippen LogP contribution in [0.1, 0.15) is 91.9 Å². The first-order valence-electron chi connectivity index (χ1n) is 16.8. The van der Waals surface area contributed by atoms with Crippen LogP contribution in [-0.4, -0.2) is 79.4 Å². The molecule has 3 N–H and O–H groups in total. The Morgan fingerprint density at radius 1 is 1.05 bits per heavy atom. The molecule has 0 radical (unpaired) electrons. The van der Waals surface area contributed by atoms with E-state index < -0.39 is 0 Å². The zero-order valence-electron chi connectivity index (χ0n) is 25.8. The first kappa shape index (κ1) is 30.6. The summed E-state index contributed by atoms with van der Waals surface area (Å²) in [6, 6.07) is 0. The third kappa shape index (κ3) is 5.83. The fourth-order valence-electron chi connectivity index (χ4n) is 10.8. The molecule has 11 atom stereocenters. The van der Waals surface area contributed by atoms with Crippen LogP contribution in [0.5, 0.6) is 0 Å². The summed E-state index contributed by atoms with van der Waals surface area (Å²) in [7, 11) is 0. The van der Waals surface area contributed by atoms with Crippen LogP contribution >= 0.6 is 0 Å². The number of nitrogens with zero attached hydrogens (tertiary/aromatic N) is 1. The highest BCUT2D eigenvalue weighted by Gasteiger charge is 2.64. The number of carbonyl (C=O) groups is 1. The molecule has 1 amide bonds. The molecule has 0 bridgehead atoms. The van der Waals surface area contributed by atoms with Gasteiger partial charge >= 0.3 is 6.09 Å². The van der Waals surface area contributed by atoms with E-state index in [0.29, 0.717) is 54.6 Å². The second-order valence-corrected chi connectivity index (χ2v) is 14.8. The minimum absolute atomic E-state index is 0.194. The molecule has 1 aliphatic heterocycles. The molecule has 1 heterocycles. The number of ether oxygens (including phenoxy) is 2. The highest BCUT2D eigenvalue weighted by molar-refractivity contribution is 5.66. The third-order valence-corrected chi connectivity index (χ3v) is 13.0. The number of alkyl carbamates (subject to hydrolysis) is 1. The number of carbonyl (C=O) groups excluding carboxylic acids is 1. The molecule has 0 aromatic rings. The van der Waals surface area contributed by atoms with Gasteiger partial charge in [-0.15, -0.1) is 0 Å². The minimum Gasteiger partial charge on any atom is -0.450 e. The highest BCUT2D eigenvalue weighted by Crippen LogP contribution is 2.69. The summed E-state index contributed by atoms with van der Waals surface area (Å²) >= 11 is 0. The number of aliphatic hydroxyl groups excluding tert-OH is 2. The minimum atomic E-state index is -0.290. The quantitative estimate of drug-likeness (QED) is 0.339. The van der Waals surface area contributed by atoms with E-state index in [4.69, 9.17) is 9.47 Å². The smallest absolute Gasteiger partial charge is 0.407 e. The van der Waals surface area contributed by atoms with E-state index in [-0.39, 0.29) is 29.1 Å². The lowest BCUT2D eigenvalue weighted by Crippen LogP contribution is -2.62. The third-order valence-electron chi connectivity index (χ3n) is 13.0. The van der Waals surface area contributed by atoms with E-state index in [1.807, 2.05) is 0 Å². The normalized spacial score (nSPS) is 44.2. The fourth-order valence-corrected chi connectivity index (χ4v) is 10.8. The Balaban J connectivity index is 1.13. The Labute approximate surface area is 243 Å². The maximum absolute atomic E-state index is 12.3. The summed E-state index contributed by atoms with van der Waals surface area (Å²) in [5, 5.41) is 25.4. The van der Waals surface area contributed by atoms with E-state index >= 15 is 0 Å².